The van der Waals surface area contributed by atoms with Crippen molar-refractivity contribution < 1.29 is 14.3 Å². The molecule has 0 spiro atoms. The number of aldehydes is 1. The molecule has 5 heteroatoms. The number of carbonyl (C=O) groups excluding carboxylic acids is 2. The molecule has 0 saturated carbocycles. The second-order valence-electron chi connectivity index (χ2n) is 4.91. The highest BCUT2D eigenvalue weighted by molar-refractivity contribution is 9.10. The van der Waals surface area contributed by atoms with Gasteiger partial charge in [0.05, 0.1) is 11.1 Å². The number of rotatable bonds is 6. The fourth-order valence-electron chi connectivity index (χ4n) is 2.27. The molecule has 0 bridgehead atoms. The first-order valence-electron chi connectivity index (χ1n) is 7.41. The Bertz CT molecular complexity index is 711. The molecule has 0 unspecified atom stereocenters. The van der Waals surface area contributed by atoms with Crippen LogP contribution in [0.2, 0.25) is 0 Å². The number of halogens is 1. The van der Waals surface area contributed by atoms with Crippen molar-refractivity contribution in [1.82, 2.24) is 0 Å². The quantitative estimate of drug-likeness (QED) is 0.428. The molecule has 2 aromatic rings. The molecule has 0 aliphatic heterocycles. The number of anilines is 1. The predicted octanol–water partition coefficient (Wildman–Crippen LogP) is 4.33. The second-order valence-corrected chi connectivity index (χ2v) is 5.83. The first-order valence-corrected chi connectivity index (χ1v) is 8.20. The van der Waals surface area contributed by atoms with Crippen LogP contribution in [0.15, 0.2) is 46.9 Å². The third kappa shape index (κ3) is 4.20. The molecule has 0 N–H and O–H groups in total. The largest absolute Gasteiger partial charge is 0.422 e. The Balaban J connectivity index is 2.31. The summed E-state index contributed by atoms with van der Waals surface area (Å²) < 4.78 is 6.23. The van der Waals surface area contributed by atoms with Crippen LogP contribution < -0.4 is 9.64 Å². The van der Waals surface area contributed by atoms with E-state index >= 15 is 0 Å². The molecule has 0 radical (unpaired) electrons. The number of benzene rings is 2. The summed E-state index contributed by atoms with van der Waals surface area (Å²) >= 11 is 3.32. The van der Waals surface area contributed by atoms with Crippen molar-refractivity contribution in [3.8, 4) is 5.75 Å². The van der Waals surface area contributed by atoms with Gasteiger partial charge in [-0.05, 0) is 44.2 Å². The zero-order valence-corrected chi connectivity index (χ0v) is 14.7. The van der Waals surface area contributed by atoms with Crippen LogP contribution in [0.5, 0.6) is 5.75 Å². The highest BCUT2D eigenvalue weighted by Crippen LogP contribution is 2.26. The van der Waals surface area contributed by atoms with E-state index in [-0.39, 0.29) is 5.75 Å². The van der Waals surface area contributed by atoms with Crippen LogP contribution in [0.4, 0.5) is 5.69 Å². The van der Waals surface area contributed by atoms with E-state index in [4.69, 9.17) is 4.74 Å². The van der Waals surface area contributed by atoms with Crippen LogP contribution in [0.25, 0.3) is 0 Å². The Morgan fingerprint density at radius 2 is 1.91 bits per heavy atom. The lowest BCUT2D eigenvalue weighted by Gasteiger charge is -2.22. The molecule has 23 heavy (non-hydrogen) atoms. The van der Waals surface area contributed by atoms with Crippen molar-refractivity contribution in [2.45, 2.75) is 13.8 Å². The number of hydrogen-bond donors (Lipinski definition) is 0. The Morgan fingerprint density at radius 1 is 1.17 bits per heavy atom. The van der Waals surface area contributed by atoms with E-state index in [2.05, 4.69) is 20.8 Å². The fraction of sp³-hybridized carbons (Fsp3) is 0.222. The maximum absolute atomic E-state index is 12.3. The molecule has 0 atom stereocenters. The molecule has 120 valence electrons. The van der Waals surface area contributed by atoms with Gasteiger partial charge in [-0.1, -0.05) is 22.0 Å². The van der Waals surface area contributed by atoms with E-state index in [0.717, 1.165) is 23.2 Å². The SMILES string of the molecule is CCN(CC)c1ccc(C=O)c(OC(=O)c2cccc(Br)c2)c1. The summed E-state index contributed by atoms with van der Waals surface area (Å²) in [5.41, 5.74) is 1.69. The van der Waals surface area contributed by atoms with Gasteiger partial charge in [0.1, 0.15) is 5.75 Å². The maximum atomic E-state index is 12.3. The minimum Gasteiger partial charge on any atom is -0.422 e. The molecule has 0 aliphatic carbocycles. The van der Waals surface area contributed by atoms with Crippen molar-refractivity contribution in [1.29, 1.82) is 0 Å². The summed E-state index contributed by atoms with van der Waals surface area (Å²) in [6.45, 7) is 5.75. The molecule has 0 heterocycles. The van der Waals surface area contributed by atoms with Gasteiger partial charge in [-0.2, -0.15) is 0 Å². The summed E-state index contributed by atoms with van der Waals surface area (Å²) in [4.78, 5) is 25.6. The lowest BCUT2D eigenvalue weighted by Crippen LogP contribution is -2.22. The van der Waals surface area contributed by atoms with Crippen molar-refractivity contribution in [3.63, 3.8) is 0 Å². The number of nitrogens with zero attached hydrogens (tertiary/aromatic N) is 1. The molecule has 2 aromatic carbocycles. The number of ether oxygens (including phenoxy) is 1. The summed E-state index contributed by atoms with van der Waals surface area (Å²) in [5.74, 6) is -0.222. The summed E-state index contributed by atoms with van der Waals surface area (Å²) in [7, 11) is 0. The van der Waals surface area contributed by atoms with Crippen LogP contribution in [0.3, 0.4) is 0 Å². The minimum absolute atomic E-state index is 0.273. The first kappa shape index (κ1) is 17.2. The number of carbonyl (C=O) groups is 2. The van der Waals surface area contributed by atoms with E-state index in [1.807, 2.05) is 26.0 Å². The van der Waals surface area contributed by atoms with Crippen LogP contribution in [-0.2, 0) is 0 Å². The summed E-state index contributed by atoms with van der Waals surface area (Å²) in [5, 5.41) is 0. The average molecular weight is 376 g/mol. The minimum atomic E-state index is -0.494. The molecule has 0 amide bonds. The van der Waals surface area contributed by atoms with Crippen LogP contribution in [-0.4, -0.2) is 25.3 Å². The smallest absolute Gasteiger partial charge is 0.343 e. The van der Waals surface area contributed by atoms with E-state index < -0.39 is 5.97 Å². The van der Waals surface area contributed by atoms with Gasteiger partial charge in [0.2, 0.25) is 0 Å². The Morgan fingerprint density at radius 3 is 2.52 bits per heavy atom. The van der Waals surface area contributed by atoms with Gasteiger partial charge in [-0.3, -0.25) is 4.79 Å². The Kier molecular flexibility index (Phi) is 5.93. The van der Waals surface area contributed by atoms with Gasteiger partial charge in [0.25, 0.3) is 0 Å². The average Bonchev–Trinajstić information content (AvgIpc) is 2.56. The van der Waals surface area contributed by atoms with Crippen molar-refractivity contribution in [3.05, 3.63) is 58.1 Å². The third-order valence-electron chi connectivity index (χ3n) is 3.52. The molecule has 0 fully saturated rings. The second kappa shape index (κ2) is 7.92. The van der Waals surface area contributed by atoms with Crippen LogP contribution in [0.1, 0.15) is 34.6 Å². The molecule has 0 aliphatic rings. The molecular weight excluding hydrogens is 358 g/mol. The summed E-state index contributed by atoms with van der Waals surface area (Å²) in [6, 6.07) is 12.2. The van der Waals surface area contributed by atoms with Gasteiger partial charge in [-0.15, -0.1) is 0 Å². The van der Waals surface area contributed by atoms with E-state index in [9.17, 15) is 9.59 Å². The Hall–Kier alpha value is -2.14. The van der Waals surface area contributed by atoms with Gasteiger partial charge in [-0.25, -0.2) is 4.79 Å². The van der Waals surface area contributed by atoms with Gasteiger partial charge in [0.15, 0.2) is 6.29 Å². The maximum Gasteiger partial charge on any atom is 0.343 e. The highest BCUT2D eigenvalue weighted by Gasteiger charge is 2.14. The van der Waals surface area contributed by atoms with Crippen molar-refractivity contribution >= 4 is 33.9 Å². The van der Waals surface area contributed by atoms with Crippen molar-refractivity contribution in [2.75, 3.05) is 18.0 Å². The predicted molar refractivity (Wildman–Crippen MR) is 94.5 cm³/mol. The molecule has 0 saturated heterocycles. The molecule has 2 rings (SSSR count). The number of hydrogen-bond acceptors (Lipinski definition) is 4. The molecule has 4 nitrogen and oxygen atoms in total. The lowest BCUT2D eigenvalue weighted by molar-refractivity contribution is 0.0733. The van der Waals surface area contributed by atoms with Crippen molar-refractivity contribution in [2.24, 2.45) is 0 Å². The first-order chi connectivity index (χ1) is 11.1. The van der Waals surface area contributed by atoms with E-state index in [0.29, 0.717) is 17.4 Å². The zero-order valence-electron chi connectivity index (χ0n) is 13.1. The Labute approximate surface area is 144 Å². The lowest BCUT2D eigenvalue weighted by atomic mass is 10.1. The number of esters is 1. The summed E-state index contributed by atoms with van der Waals surface area (Å²) in [6.07, 6.45) is 0.690. The van der Waals surface area contributed by atoms with E-state index in [1.165, 1.54) is 0 Å². The third-order valence-corrected chi connectivity index (χ3v) is 4.01. The molecular formula is C18H18BrNO3. The van der Waals surface area contributed by atoms with Crippen LogP contribution >= 0.6 is 15.9 Å². The van der Waals surface area contributed by atoms with Crippen LogP contribution in [0, 0.1) is 0 Å². The topological polar surface area (TPSA) is 46.6 Å². The zero-order chi connectivity index (χ0) is 16.8. The van der Waals surface area contributed by atoms with Gasteiger partial charge in [0, 0.05) is 29.3 Å². The molecule has 0 aromatic heterocycles. The van der Waals surface area contributed by atoms with E-state index in [1.54, 1.807) is 30.3 Å². The fourth-order valence-corrected chi connectivity index (χ4v) is 2.67. The van der Waals surface area contributed by atoms with Gasteiger partial charge >= 0.3 is 5.97 Å². The normalized spacial score (nSPS) is 10.2. The highest BCUT2D eigenvalue weighted by atomic mass is 79.9. The van der Waals surface area contributed by atoms with Gasteiger partial charge < -0.3 is 9.64 Å². The standard InChI is InChI=1S/C18H18BrNO3/c1-3-20(4-2)16-9-8-14(12-21)17(11-16)23-18(22)13-6-5-7-15(19)10-13/h5-12H,3-4H2,1-2H3. The monoisotopic (exact) mass is 375 g/mol.